The van der Waals surface area contributed by atoms with Gasteiger partial charge in [0.2, 0.25) is 0 Å². The van der Waals surface area contributed by atoms with Crippen molar-refractivity contribution in [3.63, 3.8) is 0 Å². The lowest BCUT2D eigenvalue weighted by atomic mass is 10.1. The largest absolute Gasteiger partial charge is 0.457 e. The van der Waals surface area contributed by atoms with Gasteiger partial charge in [-0.3, -0.25) is 0 Å². The van der Waals surface area contributed by atoms with E-state index >= 15 is 0 Å². The predicted molar refractivity (Wildman–Crippen MR) is 84.9 cm³/mol. The smallest absolute Gasteiger partial charge is 0.130 e. The first-order valence-corrected chi connectivity index (χ1v) is 7.13. The monoisotopic (exact) mass is 289 g/mol. The van der Waals surface area contributed by atoms with Gasteiger partial charge in [0.25, 0.3) is 0 Å². The molecule has 0 saturated heterocycles. The van der Waals surface area contributed by atoms with Gasteiger partial charge in [-0.25, -0.2) is 0 Å². The Morgan fingerprint density at radius 1 is 1.00 bits per heavy atom. The number of aryl methyl sites for hydroxylation is 3. The third-order valence-corrected chi connectivity index (χ3v) is 3.91. The molecule has 0 aliphatic carbocycles. The molecule has 0 spiro atoms. The SMILES string of the molecule is Cc1cc(CCN)ccc1Oc1cc(C)c(Cl)c(C)c1. The Bertz CT molecular complexity index is 599. The van der Waals surface area contributed by atoms with Gasteiger partial charge in [-0.1, -0.05) is 23.7 Å². The first kappa shape index (κ1) is 14.9. The summed E-state index contributed by atoms with van der Waals surface area (Å²) < 4.78 is 5.97. The summed E-state index contributed by atoms with van der Waals surface area (Å²) in [5.41, 5.74) is 9.98. The average Bonchev–Trinajstić information content (AvgIpc) is 2.39. The summed E-state index contributed by atoms with van der Waals surface area (Å²) in [4.78, 5) is 0. The first-order valence-electron chi connectivity index (χ1n) is 6.75. The number of hydrogen-bond donors (Lipinski definition) is 1. The van der Waals surface area contributed by atoms with Crippen LogP contribution in [0.5, 0.6) is 11.5 Å². The lowest BCUT2D eigenvalue weighted by molar-refractivity contribution is 0.478. The number of nitrogens with two attached hydrogens (primary N) is 1. The Hall–Kier alpha value is -1.51. The zero-order chi connectivity index (χ0) is 14.7. The maximum Gasteiger partial charge on any atom is 0.130 e. The molecule has 0 fully saturated rings. The number of hydrogen-bond acceptors (Lipinski definition) is 2. The molecule has 0 heterocycles. The van der Waals surface area contributed by atoms with Crippen LogP contribution >= 0.6 is 11.6 Å². The standard InChI is InChI=1S/C17H20ClNO/c1-11-8-14(6-7-19)4-5-16(11)20-15-9-12(2)17(18)13(3)10-15/h4-5,8-10H,6-7,19H2,1-3H3. The highest BCUT2D eigenvalue weighted by atomic mass is 35.5. The fourth-order valence-corrected chi connectivity index (χ4v) is 2.35. The zero-order valence-corrected chi connectivity index (χ0v) is 12.9. The summed E-state index contributed by atoms with van der Waals surface area (Å²) in [6.07, 6.45) is 0.889. The maximum absolute atomic E-state index is 6.17. The van der Waals surface area contributed by atoms with E-state index < -0.39 is 0 Å². The summed E-state index contributed by atoms with van der Waals surface area (Å²) >= 11 is 6.17. The van der Waals surface area contributed by atoms with Crippen molar-refractivity contribution in [1.82, 2.24) is 0 Å². The van der Waals surface area contributed by atoms with Crippen LogP contribution in [0.2, 0.25) is 5.02 Å². The Morgan fingerprint density at radius 3 is 2.20 bits per heavy atom. The molecule has 20 heavy (non-hydrogen) atoms. The van der Waals surface area contributed by atoms with E-state index in [1.165, 1.54) is 5.56 Å². The molecule has 0 atom stereocenters. The van der Waals surface area contributed by atoms with Gasteiger partial charge in [-0.05, 0) is 74.2 Å². The summed E-state index contributed by atoms with van der Waals surface area (Å²) in [5.74, 6) is 1.69. The number of benzene rings is 2. The number of rotatable bonds is 4. The molecule has 2 rings (SSSR count). The lowest BCUT2D eigenvalue weighted by Crippen LogP contribution is -2.02. The minimum Gasteiger partial charge on any atom is -0.457 e. The van der Waals surface area contributed by atoms with Gasteiger partial charge in [-0.2, -0.15) is 0 Å². The highest BCUT2D eigenvalue weighted by Gasteiger charge is 2.07. The fourth-order valence-electron chi connectivity index (χ4n) is 2.24. The molecule has 2 N–H and O–H groups in total. The topological polar surface area (TPSA) is 35.2 Å². The van der Waals surface area contributed by atoms with Gasteiger partial charge in [0.05, 0.1) is 0 Å². The van der Waals surface area contributed by atoms with Crippen LogP contribution in [-0.4, -0.2) is 6.54 Å². The molecule has 0 bridgehead atoms. The highest BCUT2D eigenvalue weighted by Crippen LogP contribution is 2.30. The van der Waals surface area contributed by atoms with Gasteiger partial charge in [0.1, 0.15) is 11.5 Å². The summed E-state index contributed by atoms with van der Waals surface area (Å²) in [6.45, 7) is 6.68. The molecule has 0 aliphatic heterocycles. The van der Waals surface area contributed by atoms with Crippen LogP contribution in [-0.2, 0) is 6.42 Å². The Morgan fingerprint density at radius 2 is 1.65 bits per heavy atom. The van der Waals surface area contributed by atoms with Gasteiger partial charge < -0.3 is 10.5 Å². The minimum absolute atomic E-state index is 0.662. The van der Waals surface area contributed by atoms with E-state index in [1.807, 2.05) is 39.0 Å². The highest BCUT2D eigenvalue weighted by molar-refractivity contribution is 6.32. The molecule has 0 radical (unpaired) electrons. The van der Waals surface area contributed by atoms with Crippen LogP contribution in [0.15, 0.2) is 30.3 Å². The zero-order valence-electron chi connectivity index (χ0n) is 12.2. The van der Waals surface area contributed by atoms with E-state index in [9.17, 15) is 0 Å². The quantitative estimate of drug-likeness (QED) is 0.895. The minimum atomic E-state index is 0.662. The van der Waals surface area contributed by atoms with E-state index in [2.05, 4.69) is 12.1 Å². The second-order valence-corrected chi connectivity index (χ2v) is 5.49. The van der Waals surface area contributed by atoms with Gasteiger partial charge in [-0.15, -0.1) is 0 Å². The van der Waals surface area contributed by atoms with Crippen LogP contribution < -0.4 is 10.5 Å². The molecule has 0 saturated carbocycles. The third kappa shape index (κ3) is 3.33. The first-order chi connectivity index (χ1) is 9.51. The summed E-state index contributed by atoms with van der Waals surface area (Å²) in [7, 11) is 0. The molecule has 0 aromatic heterocycles. The van der Waals surface area contributed by atoms with Gasteiger partial charge in [0, 0.05) is 5.02 Å². The van der Waals surface area contributed by atoms with Crippen LogP contribution in [0.1, 0.15) is 22.3 Å². The second kappa shape index (κ2) is 6.29. The van der Waals surface area contributed by atoms with E-state index in [0.717, 1.165) is 39.6 Å². The van der Waals surface area contributed by atoms with Gasteiger partial charge >= 0.3 is 0 Å². The van der Waals surface area contributed by atoms with Crippen molar-refractivity contribution in [2.75, 3.05) is 6.54 Å². The lowest BCUT2D eigenvalue weighted by Gasteiger charge is -2.12. The summed E-state index contributed by atoms with van der Waals surface area (Å²) in [5, 5.41) is 0.798. The van der Waals surface area contributed by atoms with Crippen molar-refractivity contribution in [2.45, 2.75) is 27.2 Å². The molecule has 3 heteroatoms. The van der Waals surface area contributed by atoms with Crippen molar-refractivity contribution in [1.29, 1.82) is 0 Å². The van der Waals surface area contributed by atoms with E-state index in [1.54, 1.807) is 0 Å². The summed E-state index contributed by atoms with van der Waals surface area (Å²) in [6, 6.07) is 10.1. The number of halogens is 1. The van der Waals surface area contributed by atoms with E-state index in [0.29, 0.717) is 6.54 Å². The van der Waals surface area contributed by atoms with Crippen molar-refractivity contribution >= 4 is 11.6 Å². The second-order valence-electron chi connectivity index (χ2n) is 5.11. The Labute approximate surface area is 125 Å². The maximum atomic E-state index is 6.17. The van der Waals surface area contributed by atoms with Crippen LogP contribution in [0, 0.1) is 20.8 Å². The molecular weight excluding hydrogens is 270 g/mol. The molecule has 0 amide bonds. The van der Waals surface area contributed by atoms with E-state index in [4.69, 9.17) is 22.1 Å². The van der Waals surface area contributed by atoms with Crippen LogP contribution in [0.4, 0.5) is 0 Å². The molecule has 2 nitrogen and oxygen atoms in total. The molecule has 0 aliphatic rings. The van der Waals surface area contributed by atoms with Gasteiger partial charge in [0.15, 0.2) is 0 Å². The molecule has 106 valence electrons. The fraction of sp³-hybridized carbons (Fsp3) is 0.294. The normalized spacial score (nSPS) is 10.7. The van der Waals surface area contributed by atoms with Crippen LogP contribution in [0.3, 0.4) is 0 Å². The molecule has 0 unspecified atom stereocenters. The molecule has 2 aromatic rings. The third-order valence-electron chi connectivity index (χ3n) is 3.31. The predicted octanol–water partition coefficient (Wildman–Crippen LogP) is 4.56. The molecule has 2 aromatic carbocycles. The van der Waals surface area contributed by atoms with E-state index in [-0.39, 0.29) is 0 Å². The Kier molecular flexibility index (Phi) is 4.69. The van der Waals surface area contributed by atoms with Crippen molar-refractivity contribution in [2.24, 2.45) is 5.73 Å². The van der Waals surface area contributed by atoms with Crippen molar-refractivity contribution in [3.05, 3.63) is 57.6 Å². The number of ether oxygens (including phenoxy) is 1. The molecular formula is C17H20ClNO. The average molecular weight is 290 g/mol. The van der Waals surface area contributed by atoms with Crippen molar-refractivity contribution in [3.8, 4) is 11.5 Å². The van der Waals surface area contributed by atoms with Crippen molar-refractivity contribution < 1.29 is 4.74 Å². The Balaban J connectivity index is 2.26. The van der Waals surface area contributed by atoms with Crippen LogP contribution in [0.25, 0.3) is 0 Å².